The molecule has 0 aromatic heterocycles. The number of quaternary nitrogens is 1. The van der Waals surface area contributed by atoms with Crippen LogP contribution in [-0.2, 0) is 24.4 Å². The number of hydrogen-bond donors (Lipinski definition) is 2. The smallest absolute Gasteiger partial charge is 0.430 e. The molecule has 2 fully saturated rings. The fraction of sp³-hybridized carbons (Fsp3) is 0.447. The molecule has 5 rings (SSSR count). The lowest BCUT2D eigenvalue weighted by Gasteiger charge is -2.42. The number of aliphatic carboxylic acids is 1. The van der Waals surface area contributed by atoms with Gasteiger partial charge in [0.25, 0.3) is 5.91 Å². The molecule has 2 heterocycles. The maximum atomic E-state index is 15.0. The Hall–Kier alpha value is -4.35. The largest absolute Gasteiger partial charge is 0.542 e. The molecule has 3 aromatic rings. The number of halogens is 4. The molecule has 2 aliphatic rings. The number of carbonyl (C=O) groups excluding carboxylic acids is 2. The van der Waals surface area contributed by atoms with E-state index in [4.69, 9.17) is 15.2 Å². The van der Waals surface area contributed by atoms with Crippen LogP contribution >= 0.6 is 0 Å². The van der Waals surface area contributed by atoms with Crippen LogP contribution in [0.15, 0.2) is 66.7 Å². The average Bonchev–Trinajstić information content (AvgIpc) is 3.09. The molecule has 2 saturated heterocycles. The molecule has 274 valence electrons. The highest BCUT2D eigenvalue weighted by Crippen LogP contribution is 2.26. The van der Waals surface area contributed by atoms with Crippen molar-refractivity contribution in [2.45, 2.75) is 51.6 Å². The molecular weight excluding hydrogens is 664 g/mol. The fourth-order valence-corrected chi connectivity index (χ4v) is 6.42. The number of carboxylic acid groups (broad SMARTS) is 1. The zero-order valence-electron chi connectivity index (χ0n) is 29.1. The van der Waals surface area contributed by atoms with Gasteiger partial charge >= 0.3 is 6.18 Å². The second-order valence-corrected chi connectivity index (χ2v) is 13.6. The number of piperazine rings is 2. The summed E-state index contributed by atoms with van der Waals surface area (Å²) in [6, 6.07) is 23.8. The maximum absolute atomic E-state index is 15.0. The van der Waals surface area contributed by atoms with Gasteiger partial charge in [0.05, 0.1) is 32.8 Å². The number of benzene rings is 3. The quantitative estimate of drug-likeness (QED) is 0.175. The number of unbranched alkanes of at least 4 members (excludes halogenated alkanes) is 1. The Morgan fingerprint density at radius 3 is 2.31 bits per heavy atom. The van der Waals surface area contributed by atoms with Crippen molar-refractivity contribution in [3.63, 3.8) is 0 Å². The molecule has 0 unspecified atom stereocenters. The number of rotatable bonds is 11. The van der Waals surface area contributed by atoms with Crippen molar-refractivity contribution in [3.8, 4) is 17.2 Å². The molecule has 0 aliphatic carbocycles. The van der Waals surface area contributed by atoms with Gasteiger partial charge in [0.15, 0.2) is 0 Å². The predicted molar refractivity (Wildman–Crippen MR) is 184 cm³/mol. The maximum Gasteiger partial charge on any atom is 0.430 e. The highest BCUT2D eigenvalue weighted by Gasteiger charge is 2.29. The number of amides is 1. The lowest BCUT2D eigenvalue weighted by atomic mass is 10.00. The van der Waals surface area contributed by atoms with Gasteiger partial charge in [-0.3, -0.25) is 14.6 Å². The number of nitrogens with one attached hydrogen (secondary N) is 2. The monoisotopic (exact) mass is 710 g/mol. The Morgan fingerprint density at radius 2 is 1.65 bits per heavy atom. The minimum atomic E-state index is -5.19. The second-order valence-electron chi connectivity index (χ2n) is 13.6. The molecule has 51 heavy (non-hydrogen) atoms. The molecule has 0 radical (unpaired) electrons. The van der Waals surface area contributed by atoms with E-state index in [9.17, 15) is 22.4 Å². The molecule has 1 amide bonds. The van der Waals surface area contributed by atoms with Crippen molar-refractivity contribution in [3.05, 3.63) is 94.8 Å². The highest BCUT2D eigenvalue weighted by atomic mass is 19.4. The van der Waals surface area contributed by atoms with Crippen LogP contribution in [0.4, 0.5) is 17.6 Å². The van der Waals surface area contributed by atoms with Crippen molar-refractivity contribution in [2.75, 3.05) is 59.4 Å². The number of alkyl halides is 3. The van der Waals surface area contributed by atoms with E-state index in [-0.39, 0.29) is 11.7 Å². The van der Waals surface area contributed by atoms with Gasteiger partial charge < -0.3 is 25.0 Å². The summed E-state index contributed by atoms with van der Waals surface area (Å²) in [6.07, 6.45) is -3.62. The minimum Gasteiger partial charge on any atom is -0.542 e. The van der Waals surface area contributed by atoms with Crippen molar-refractivity contribution in [1.29, 1.82) is 5.26 Å². The van der Waals surface area contributed by atoms with E-state index in [2.05, 4.69) is 58.7 Å². The zero-order valence-corrected chi connectivity index (χ0v) is 29.1. The molecule has 0 bridgehead atoms. The first-order chi connectivity index (χ1) is 24.2. The highest BCUT2D eigenvalue weighted by molar-refractivity contribution is 5.94. The van der Waals surface area contributed by atoms with E-state index < -0.39 is 12.1 Å². The van der Waals surface area contributed by atoms with E-state index in [1.807, 2.05) is 36.4 Å². The van der Waals surface area contributed by atoms with Crippen molar-refractivity contribution in [1.82, 2.24) is 20.4 Å². The summed E-state index contributed by atoms with van der Waals surface area (Å²) < 4.78 is 47.6. The first kappa shape index (κ1) is 39.4. The Bertz CT molecular complexity index is 1670. The predicted octanol–water partition coefficient (Wildman–Crippen LogP) is 4.08. The first-order valence-corrected chi connectivity index (χ1v) is 17.2. The van der Waals surface area contributed by atoms with Crippen molar-refractivity contribution >= 4 is 11.9 Å². The molecule has 13 heteroatoms. The van der Waals surface area contributed by atoms with E-state index in [0.717, 1.165) is 93.0 Å². The second kappa shape index (κ2) is 18.2. The number of nitriles is 1. The van der Waals surface area contributed by atoms with Gasteiger partial charge in [0.2, 0.25) is 0 Å². The Morgan fingerprint density at radius 1 is 0.980 bits per heavy atom. The van der Waals surface area contributed by atoms with Crippen LogP contribution in [0.25, 0.3) is 11.1 Å². The summed E-state index contributed by atoms with van der Waals surface area (Å²) in [4.78, 5) is 26.8. The number of carbonyl (C=O) groups is 2. The van der Waals surface area contributed by atoms with Crippen molar-refractivity contribution < 1.29 is 36.7 Å². The van der Waals surface area contributed by atoms with Gasteiger partial charge in [-0.15, -0.1) is 0 Å². The normalized spacial score (nSPS) is 17.9. The molecule has 2 N–H and O–H groups in total. The summed E-state index contributed by atoms with van der Waals surface area (Å²) in [5.41, 5.74) is 5.18. The van der Waals surface area contributed by atoms with Crippen LogP contribution < -0.4 is 15.7 Å². The molecule has 0 saturated carbocycles. The van der Waals surface area contributed by atoms with Crippen LogP contribution in [0.2, 0.25) is 0 Å². The lowest BCUT2D eigenvalue weighted by Crippen LogP contribution is -2.57. The van der Waals surface area contributed by atoms with Gasteiger partial charge in [-0.2, -0.15) is 18.4 Å². The van der Waals surface area contributed by atoms with Gasteiger partial charge in [-0.1, -0.05) is 36.4 Å². The average molecular weight is 711 g/mol. The van der Waals surface area contributed by atoms with Crippen molar-refractivity contribution in [2.24, 2.45) is 0 Å². The standard InChI is InChI=1S/C36H45FN6O.C2HF3O2/c1-28-25-42(15-14-39-28)27-30-7-5-9-32(21-30)34-23-29(11-12-35(34)37)24-40-36(44)33-10-6-8-31(22-33)26-41-16-19-43(2,20-17-41)18-4-3-13-38;3-2(4,5)1(6)7/h5-12,21-23,28,39H,3-4,14-20,24-27H2,1-2H3;(H,6,7)/t28-;/m0./s1. The molecular formula is C38H46F4N6O3. The first-order valence-electron chi connectivity index (χ1n) is 17.2. The van der Waals surface area contributed by atoms with Gasteiger partial charge in [-0.05, 0) is 59.5 Å². The summed E-state index contributed by atoms with van der Waals surface area (Å²) >= 11 is 0. The van der Waals surface area contributed by atoms with Crippen LogP contribution in [0, 0.1) is 17.1 Å². The SMILES string of the molecule is C[C@H]1CN(Cc2cccc(-c3cc(CNC(=O)c4cccc(CN5CC[N+](C)(CCCC#N)CC5)c4)ccc3F)c2)CCN1.O=C([O-])C(F)(F)F. The lowest BCUT2D eigenvalue weighted by molar-refractivity contribution is -0.913. The van der Waals surface area contributed by atoms with E-state index in [0.29, 0.717) is 30.1 Å². The van der Waals surface area contributed by atoms with E-state index in [1.54, 1.807) is 6.07 Å². The minimum absolute atomic E-state index is 0.134. The van der Waals surface area contributed by atoms with Crippen LogP contribution in [0.1, 0.15) is 46.8 Å². The summed E-state index contributed by atoms with van der Waals surface area (Å²) in [6.45, 7) is 12.4. The van der Waals surface area contributed by atoms with E-state index >= 15 is 0 Å². The third kappa shape index (κ3) is 12.4. The Kier molecular flexibility index (Phi) is 14.1. The van der Waals surface area contributed by atoms with Crippen LogP contribution in [-0.4, -0.2) is 97.8 Å². The number of carboxylic acids is 1. The molecule has 0 spiro atoms. The van der Waals surface area contributed by atoms with Crippen LogP contribution in [0.3, 0.4) is 0 Å². The molecule has 9 nitrogen and oxygen atoms in total. The molecule has 2 aliphatic heterocycles. The number of hydrogen-bond acceptors (Lipinski definition) is 7. The van der Waals surface area contributed by atoms with Gasteiger partial charge in [-0.25, -0.2) is 4.39 Å². The third-order valence-corrected chi connectivity index (χ3v) is 9.31. The summed E-state index contributed by atoms with van der Waals surface area (Å²) in [7, 11) is 2.29. The van der Waals surface area contributed by atoms with Crippen LogP contribution in [0.5, 0.6) is 0 Å². The summed E-state index contributed by atoms with van der Waals surface area (Å²) in [5, 5.41) is 24.1. The Balaban J connectivity index is 0.000000755. The summed E-state index contributed by atoms with van der Waals surface area (Å²) in [5.74, 6) is -3.41. The fourth-order valence-electron chi connectivity index (χ4n) is 6.42. The van der Waals surface area contributed by atoms with Gasteiger partial charge in [0, 0.05) is 82.4 Å². The zero-order chi connectivity index (χ0) is 37.0. The molecule has 1 atom stereocenters. The van der Waals surface area contributed by atoms with Gasteiger partial charge in [0.1, 0.15) is 11.8 Å². The van der Waals surface area contributed by atoms with E-state index in [1.165, 1.54) is 11.6 Å². The number of nitrogens with zero attached hydrogens (tertiary/aromatic N) is 4. The third-order valence-electron chi connectivity index (χ3n) is 9.31. The number of likely N-dealkylation sites (N-methyl/N-ethyl adjacent to an activating group) is 1. The Labute approximate surface area is 297 Å². The topological polar surface area (TPSA) is 112 Å². The molecule has 3 aromatic carbocycles.